The maximum absolute atomic E-state index is 11.0. The van der Waals surface area contributed by atoms with E-state index >= 15 is 0 Å². The Morgan fingerprint density at radius 3 is 2.50 bits per heavy atom. The van der Waals surface area contributed by atoms with Crippen LogP contribution in [0.5, 0.6) is 0 Å². The van der Waals surface area contributed by atoms with Crippen molar-refractivity contribution in [3.63, 3.8) is 0 Å². The second-order valence-corrected chi connectivity index (χ2v) is 3.30. The summed E-state index contributed by atoms with van der Waals surface area (Å²) in [5, 5.41) is 0. The van der Waals surface area contributed by atoms with Gasteiger partial charge in [-0.25, -0.2) is 9.59 Å². The predicted octanol–water partition coefficient (Wildman–Crippen LogP) is 0.824. The molecule has 6 nitrogen and oxygen atoms in total. The van der Waals surface area contributed by atoms with Gasteiger partial charge in [0.15, 0.2) is 0 Å². The van der Waals surface area contributed by atoms with Crippen molar-refractivity contribution in [1.29, 1.82) is 0 Å². The van der Waals surface area contributed by atoms with Crippen LogP contribution in [0.25, 0.3) is 0 Å². The monoisotopic (exact) mass is 258 g/mol. The van der Waals surface area contributed by atoms with Crippen LogP contribution in [0.1, 0.15) is 6.92 Å². The van der Waals surface area contributed by atoms with Gasteiger partial charge in [-0.2, -0.15) is 0 Å². The Morgan fingerprint density at radius 2 is 2.00 bits per heavy atom. The Labute approximate surface area is 106 Å². The Balaban J connectivity index is 3.68. The maximum Gasteiger partial charge on any atom is 0.333 e. The smallest absolute Gasteiger partial charge is 0.333 e. The number of carbonyl (C=O) groups is 2. The molecule has 102 valence electrons. The molecular weight excluding hydrogens is 240 g/mol. The minimum atomic E-state index is -0.813. The molecule has 0 aliphatic heterocycles. The molecule has 0 amide bonds. The maximum atomic E-state index is 11.0. The third-order valence-corrected chi connectivity index (χ3v) is 1.74. The summed E-state index contributed by atoms with van der Waals surface area (Å²) in [4.78, 5) is 21.9. The fraction of sp³-hybridized carbons (Fsp3) is 0.500. The van der Waals surface area contributed by atoms with Gasteiger partial charge in [0, 0.05) is 18.8 Å². The van der Waals surface area contributed by atoms with Gasteiger partial charge in [-0.1, -0.05) is 13.2 Å². The first-order valence-electron chi connectivity index (χ1n) is 5.27. The van der Waals surface area contributed by atoms with Crippen molar-refractivity contribution in [2.75, 3.05) is 26.9 Å². The third-order valence-electron chi connectivity index (χ3n) is 1.74. The molecule has 0 radical (unpaired) electrons. The minimum Gasteiger partial charge on any atom is -0.460 e. The van der Waals surface area contributed by atoms with Crippen LogP contribution in [-0.4, -0.2) is 45.2 Å². The number of hydrogen-bond acceptors (Lipinski definition) is 6. The van der Waals surface area contributed by atoms with E-state index in [9.17, 15) is 9.59 Å². The first-order valence-corrected chi connectivity index (χ1v) is 5.27. The SMILES string of the molecule is C=CC(=O)OC(COCCOC(=O)C(=C)C)OC. The molecule has 1 unspecified atom stereocenters. The van der Waals surface area contributed by atoms with Crippen LogP contribution in [0.3, 0.4) is 0 Å². The van der Waals surface area contributed by atoms with Crippen molar-refractivity contribution in [2.24, 2.45) is 0 Å². The zero-order valence-electron chi connectivity index (χ0n) is 10.6. The van der Waals surface area contributed by atoms with Crippen LogP contribution in [-0.2, 0) is 28.5 Å². The molecule has 0 saturated heterocycles. The highest BCUT2D eigenvalue weighted by Gasteiger charge is 2.11. The molecule has 0 aromatic carbocycles. The van der Waals surface area contributed by atoms with Crippen molar-refractivity contribution in [2.45, 2.75) is 13.2 Å². The average Bonchev–Trinajstić information content (AvgIpc) is 2.36. The number of ether oxygens (including phenoxy) is 4. The number of esters is 2. The summed E-state index contributed by atoms with van der Waals surface area (Å²) in [6, 6.07) is 0. The summed E-state index contributed by atoms with van der Waals surface area (Å²) in [7, 11) is 1.38. The van der Waals surface area contributed by atoms with E-state index < -0.39 is 18.2 Å². The van der Waals surface area contributed by atoms with Gasteiger partial charge < -0.3 is 18.9 Å². The lowest BCUT2D eigenvalue weighted by atomic mass is 10.4. The van der Waals surface area contributed by atoms with Gasteiger partial charge in [-0.3, -0.25) is 0 Å². The Hall–Kier alpha value is -1.66. The Bertz CT molecular complexity index is 310. The lowest BCUT2D eigenvalue weighted by Crippen LogP contribution is -2.25. The van der Waals surface area contributed by atoms with E-state index in [1.54, 1.807) is 6.92 Å². The molecule has 18 heavy (non-hydrogen) atoms. The summed E-state index contributed by atoms with van der Waals surface area (Å²) in [6.45, 7) is 8.55. The molecule has 0 aromatic heterocycles. The molecule has 0 aromatic rings. The van der Waals surface area contributed by atoms with Crippen LogP contribution in [0, 0.1) is 0 Å². The fourth-order valence-electron chi connectivity index (χ4n) is 0.824. The number of methoxy groups -OCH3 is 1. The average molecular weight is 258 g/mol. The largest absolute Gasteiger partial charge is 0.460 e. The van der Waals surface area contributed by atoms with E-state index in [2.05, 4.69) is 13.2 Å². The lowest BCUT2D eigenvalue weighted by Gasteiger charge is -2.15. The van der Waals surface area contributed by atoms with Gasteiger partial charge in [0.25, 0.3) is 0 Å². The van der Waals surface area contributed by atoms with Crippen LogP contribution in [0.15, 0.2) is 24.8 Å². The van der Waals surface area contributed by atoms with Crippen molar-refractivity contribution in [1.82, 2.24) is 0 Å². The molecule has 0 saturated carbocycles. The van der Waals surface area contributed by atoms with E-state index in [4.69, 9.17) is 18.9 Å². The van der Waals surface area contributed by atoms with Gasteiger partial charge in [0.2, 0.25) is 6.29 Å². The molecular formula is C12H18O6. The number of rotatable bonds is 9. The Morgan fingerprint density at radius 1 is 1.33 bits per heavy atom. The molecule has 0 N–H and O–H groups in total. The van der Waals surface area contributed by atoms with Gasteiger partial charge in [0.1, 0.15) is 13.2 Å². The Kier molecular flexibility index (Phi) is 8.51. The molecule has 0 aliphatic rings. The predicted molar refractivity (Wildman–Crippen MR) is 63.7 cm³/mol. The number of hydrogen-bond donors (Lipinski definition) is 0. The normalized spacial score (nSPS) is 11.4. The third kappa shape index (κ3) is 7.59. The van der Waals surface area contributed by atoms with Crippen LogP contribution in [0.2, 0.25) is 0 Å². The summed E-state index contributed by atoms with van der Waals surface area (Å²) >= 11 is 0. The molecule has 0 bridgehead atoms. The zero-order valence-corrected chi connectivity index (χ0v) is 10.6. The molecule has 0 spiro atoms. The zero-order chi connectivity index (χ0) is 14.0. The lowest BCUT2D eigenvalue weighted by molar-refractivity contribution is -0.179. The summed E-state index contributed by atoms with van der Waals surface area (Å²) in [6.07, 6.45) is 0.216. The van der Waals surface area contributed by atoms with E-state index in [0.29, 0.717) is 5.57 Å². The summed E-state index contributed by atoms with van der Waals surface area (Å²) in [5.41, 5.74) is 0.324. The van der Waals surface area contributed by atoms with Crippen LogP contribution in [0.4, 0.5) is 0 Å². The molecule has 0 aliphatic carbocycles. The highest BCUT2D eigenvalue weighted by Crippen LogP contribution is 1.97. The first-order chi connectivity index (χ1) is 8.51. The summed E-state index contributed by atoms with van der Waals surface area (Å²) < 4.78 is 19.6. The van der Waals surface area contributed by atoms with E-state index in [0.717, 1.165) is 6.08 Å². The molecule has 0 fully saturated rings. The van der Waals surface area contributed by atoms with Gasteiger partial charge in [0.05, 0.1) is 6.61 Å². The quantitative estimate of drug-likeness (QED) is 0.264. The highest BCUT2D eigenvalue weighted by atomic mass is 16.7. The van der Waals surface area contributed by atoms with Crippen molar-refractivity contribution in [3.8, 4) is 0 Å². The van der Waals surface area contributed by atoms with Crippen LogP contribution >= 0.6 is 0 Å². The van der Waals surface area contributed by atoms with Gasteiger partial charge in [-0.05, 0) is 6.92 Å². The highest BCUT2D eigenvalue weighted by molar-refractivity contribution is 5.86. The summed E-state index contributed by atoms with van der Waals surface area (Å²) in [5.74, 6) is -1.07. The van der Waals surface area contributed by atoms with E-state index in [1.165, 1.54) is 7.11 Å². The van der Waals surface area contributed by atoms with Crippen molar-refractivity contribution >= 4 is 11.9 Å². The van der Waals surface area contributed by atoms with Gasteiger partial charge >= 0.3 is 11.9 Å². The molecule has 1 atom stereocenters. The van der Waals surface area contributed by atoms with E-state index in [1.807, 2.05) is 0 Å². The van der Waals surface area contributed by atoms with Crippen molar-refractivity contribution < 1.29 is 28.5 Å². The van der Waals surface area contributed by atoms with Crippen molar-refractivity contribution in [3.05, 3.63) is 24.8 Å². The second kappa shape index (κ2) is 9.38. The second-order valence-electron chi connectivity index (χ2n) is 3.30. The van der Waals surface area contributed by atoms with Crippen LogP contribution < -0.4 is 0 Å². The fourth-order valence-corrected chi connectivity index (χ4v) is 0.824. The number of carbonyl (C=O) groups excluding carboxylic acids is 2. The molecule has 6 heteroatoms. The van der Waals surface area contributed by atoms with Gasteiger partial charge in [-0.15, -0.1) is 0 Å². The molecule has 0 heterocycles. The minimum absolute atomic E-state index is 0.0424. The van der Waals surface area contributed by atoms with E-state index in [-0.39, 0.29) is 19.8 Å². The topological polar surface area (TPSA) is 71.1 Å². The standard InChI is InChI=1S/C12H18O6/c1-5-10(13)18-11(15-4)8-16-6-7-17-12(14)9(2)3/h5,11H,1-2,6-8H2,3-4H3. The first kappa shape index (κ1) is 16.3. The molecule has 0 rings (SSSR count).